The molecule has 0 saturated carbocycles. The van der Waals surface area contributed by atoms with Crippen LogP contribution in [0.5, 0.6) is 0 Å². The first kappa shape index (κ1) is 34.0. The van der Waals surface area contributed by atoms with E-state index in [1.165, 1.54) is 48.7 Å². The van der Waals surface area contributed by atoms with Gasteiger partial charge >= 0.3 is 0 Å². The third kappa shape index (κ3) is 5.23. The lowest BCUT2D eigenvalue weighted by molar-refractivity contribution is 0.722. The lowest BCUT2D eigenvalue weighted by Crippen LogP contribution is -2.31. The number of rotatable bonds is 5. The summed E-state index contributed by atoms with van der Waals surface area (Å²) in [5.74, 6) is 3.70. The van der Waals surface area contributed by atoms with Gasteiger partial charge < -0.3 is 0 Å². The third-order valence-electron chi connectivity index (χ3n) is 11.7. The Morgan fingerprint density at radius 1 is 0.397 bits per heavy atom. The number of nitrogens with zero attached hydrogens (tertiary/aromatic N) is 2. The highest BCUT2D eigenvalue weighted by atomic mass is 32.2. The predicted molar refractivity (Wildman–Crippen MR) is 239 cm³/mol. The summed E-state index contributed by atoms with van der Waals surface area (Å²) in [5.41, 5.74) is 17.4. The molecule has 9 aromatic rings. The van der Waals surface area contributed by atoms with Gasteiger partial charge in [-0.3, -0.25) is 0 Å². The molecule has 2 aliphatic rings. The molecule has 270 valence electrons. The van der Waals surface area contributed by atoms with E-state index in [0.29, 0.717) is 5.82 Å². The number of benzene rings is 8. The lowest BCUT2D eigenvalue weighted by atomic mass is 9.67. The van der Waals surface area contributed by atoms with Crippen LogP contribution in [0.25, 0.3) is 67.3 Å². The first-order valence-electron chi connectivity index (χ1n) is 19.5. The minimum atomic E-state index is -0.525. The van der Waals surface area contributed by atoms with E-state index in [1.54, 1.807) is 0 Å². The van der Waals surface area contributed by atoms with E-state index >= 15 is 0 Å². The van der Waals surface area contributed by atoms with Gasteiger partial charge in [0, 0.05) is 32.0 Å². The maximum atomic E-state index is 6.20. The molecule has 0 fully saturated rings. The Balaban J connectivity index is 1.14. The van der Waals surface area contributed by atoms with Gasteiger partial charge in [-0.15, -0.1) is 6.42 Å². The Morgan fingerprint density at radius 2 is 0.862 bits per heavy atom. The van der Waals surface area contributed by atoms with Crippen LogP contribution in [0.2, 0.25) is 0 Å². The van der Waals surface area contributed by atoms with E-state index < -0.39 is 5.41 Å². The number of aromatic nitrogens is 2. The van der Waals surface area contributed by atoms with Crippen LogP contribution < -0.4 is 0 Å². The highest BCUT2D eigenvalue weighted by Gasteiger charge is 2.51. The zero-order valence-electron chi connectivity index (χ0n) is 31.4. The van der Waals surface area contributed by atoms with Crippen molar-refractivity contribution in [3.8, 4) is 79.6 Å². The normalized spacial score (nSPS) is 12.9. The molecule has 1 spiro atoms. The molecule has 0 N–H and O–H groups in total. The summed E-state index contributed by atoms with van der Waals surface area (Å²) in [4.78, 5) is 12.7. The zero-order valence-corrected chi connectivity index (χ0v) is 32.2. The van der Waals surface area contributed by atoms with Gasteiger partial charge in [0.05, 0.1) is 16.8 Å². The summed E-state index contributed by atoms with van der Waals surface area (Å²) in [7, 11) is 0. The minimum Gasteiger partial charge on any atom is -0.228 e. The number of terminal acetylenes is 1. The van der Waals surface area contributed by atoms with Crippen LogP contribution in [0.15, 0.2) is 210 Å². The summed E-state index contributed by atoms with van der Waals surface area (Å²) >= 11 is 1.86. The standard InChI is InChI=1S/C55H34N2S/c1-2-36-17-9-10-22-41(36)43-24-16-28-47-53(43)52-42(23-15-27-46(52)55(47)44-25-11-13-29-50(44)58-51-30-14-12-26-45(51)55)37-31-33-39(34-32-37)49-35-48(38-18-5-3-6-19-38)56-54(57-49)40-20-7-4-8-21-40/h1,3-35H. The van der Waals surface area contributed by atoms with Crippen molar-refractivity contribution in [1.82, 2.24) is 9.97 Å². The molecule has 8 aromatic carbocycles. The van der Waals surface area contributed by atoms with E-state index in [2.05, 4.69) is 170 Å². The summed E-state index contributed by atoms with van der Waals surface area (Å²) in [6.07, 6.45) is 6.20. The van der Waals surface area contributed by atoms with Gasteiger partial charge in [-0.25, -0.2) is 9.97 Å². The van der Waals surface area contributed by atoms with Crippen molar-refractivity contribution in [2.24, 2.45) is 0 Å². The molecule has 58 heavy (non-hydrogen) atoms. The van der Waals surface area contributed by atoms with Crippen molar-refractivity contribution in [2.45, 2.75) is 15.2 Å². The molecule has 2 heterocycles. The van der Waals surface area contributed by atoms with Crippen molar-refractivity contribution in [1.29, 1.82) is 0 Å². The summed E-state index contributed by atoms with van der Waals surface area (Å²) in [6, 6.07) is 71.4. The minimum absolute atomic E-state index is 0.525. The molecule has 3 heteroatoms. The molecule has 0 unspecified atom stereocenters. The number of hydrogen-bond acceptors (Lipinski definition) is 3. The van der Waals surface area contributed by atoms with Crippen molar-refractivity contribution in [2.75, 3.05) is 0 Å². The van der Waals surface area contributed by atoms with Crippen LogP contribution >= 0.6 is 11.8 Å². The molecule has 0 radical (unpaired) electrons. The maximum absolute atomic E-state index is 6.20. The molecule has 0 atom stereocenters. The SMILES string of the molecule is C#Cc1ccccc1-c1cccc2c1-c1c(-c3ccc(-c4cc(-c5ccccc5)nc(-c5ccccc5)n4)cc3)cccc1C21c2ccccc2Sc2ccccc21. The Hall–Kier alpha value is -7.25. The summed E-state index contributed by atoms with van der Waals surface area (Å²) in [6.45, 7) is 0. The van der Waals surface area contributed by atoms with Crippen LogP contribution in [-0.2, 0) is 5.41 Å². The lowest BCUT2D eigenvalue weighted by Gasteiger charge is -2.39. The van der Waals surface area contributed by atoms with Crippen LogP contribution in [0.1, 0.15) is 27.8 Å². The summed E-state index contributed by atoms with van der Waals surface area (Å²) in [5, 5.41) is 0. The molecular formula is C55H34N2S. The molecule has 1 aliphatic carbocycles. The largest absolute Gasteiger partial charge is 0.228 e. The highest BCUT2D eigenvalue weighted by Crippen LogP contribution is 2.64. The van der Waals surface area contributed by atoms with E-state index in [9.17, 15) is 0 Å². The third-order valence-corrected chi connectivity index (χ3v) is 12.8. The van der Waals surface area contributed by atoms with Crippen molar-refractivity contribution in [3.63, 3.8) is 0 Å². The Kier molecular flexibility index (Phi) is 8.07. The molecule has 2 nitrogen and oxygen atoms in total. The Bertz CT molecular complexity index is 2980. The number of hydrogen-bond donors (Lipinski definition) is 0. The summed E-state index contributed by atoms with van der Waals surface area (Å²) < 4.78 is 0. The smallest absolute Gasteiger partial charge is 0.160 e. The van der Waals surface area contributed by atoms with Crippen LogP contribution in [0.3, 0.4) is 0 Å². The van der Waals surface area contributed by atoms with Gasteiger partial charge in [-0.1, -0.05) is 194 Å². The van der Waals surface area contributed by atoms with Gasteiger partial charge in [-0.05, 0) is 79.9 Å². The van der Waals surface area contributed by atoms with E-state index in [-0.39, 0.29) is 0 Å². The van der Waals surface area contributed by atoms with Crippen LogP contribution in [0.4, 0.5) is 0 Å². The monoisotopic (exact) mass is 754 g/mol. The van der Waals surface area contributed by atoms with Gasteiger partial charge in [0.2, 0.25) is 0 Å². The van der Waals surface area contributed by atoms with Crippen LogP contribution in [0, 0.1) is 12.3 Å². The van der Waals surface area contributed by atoms with Crippen molar-refractivity contribution < 1.29 is 0 Å². The van der Waals surface area contributed by atoms with E-state index in [4.69, 9.17) is 16.4 Å². The van der Waals surface area contributed by atoms with Crippen molar-refractivity contribution >= 4 is 11.8 Å². The molecule has 1 aliphatic heterocycles. The first-order chi connectivity index (χ1) is 28.7. The van der Waals surface area contributed by atoms with Gasteiger partial charge in [0.1, 0.15) is 0 Å². The molecule has 0 saturated heterocycles. The van der Waals surface area contributed by atoms with Crippen LogP contribution in [-0.4, -0.2) is 9.97 Å². The zero-order chi connectivity index (χ0) is 38.6. The quantitative estimate of drug-likeness (QED) is 0.164. The van der Waals surface area contributed by atoms with Gasteiger partial charge in [-0.2, -0.15) is 0 Å². The average molecular weight is 755 g/mol. The topological polar surface area (TPSA) is 25.8 Å². The first-order valence-corrected chi connectivity index (χ1v) is 20.3. The average Bonchev–Trinajstić information content (AvgIpc) is 3.60. The highest BCUT2D eigenvalue weighted by molar-refractivity contribution is 7.99. The molecule has 0 amide bonds. The molecule has 11 rings (SSSR count). The second-order valence-electron chi connectivity index (χ2n) is 14.8. The Labute approximate surface area is 343 Å². The maximum Gasteiger partial charge on any atom is 0.160 e. The fraction of sp³-hybridized carbons (Fsp3) is 0.0182. The fourth-order valence-electron chi connectivity index (χ4n) is 9.19. The predicted octanol–water partition coefficient (Wildman–Crippen LogP) is 13.6. The Morgan fingerprint density at radius 3 is 1.50 bits per heavy atom. The van der Waals surface area contributed by atoms with Crippen molar-refractivity contribution in [3.05, 3.63) is 228 Å². The molecule has 0 bridgehead atoms. The number of fused-ring (bicyclic) bond motifs is 9. The molecular weight excluding hydrogens is 721 g/mol. The van der Waals surface area contributed by atoms with E-state index in [0.717, 1.165) is 50.3 Å². The van der Waals surface area contributed by atoms with Gasteiger partial charge in [0.15, 0.2) is 5.82 Å². The van der Waals surface area contributed by atoms with E-state index in [1.807, 2.05) is 48.2 Å². The second-order valence-corrected chi connectivity index (χ2v) is 15.8. The molecule has 1 aromatic heterocycles. The fourth-order valence-corrected chi connectivity index (χ4v) is 10.4. The van der Waals surface area contributed by atoms with Gasteiger partial charge in [0.25, 0.3) is 0 Å². The second kappa shape index (κ2) is 13.7.